The van der Waals surface area contributed by atoms with E-state index in [4.69, 9.17) is 14.6 Å². The summed E-state index contributed by atoms with van der Waals surface area (Å²) in [5, 5.41) is 11.5. The van der Waals surface area contributed by atoms with Crippen LogP contribution in [0.25, 0.3) is 0 Å². The second-order valence-electron chi connectivity index (χ2n) is 5.54. The van der Waals surface area contributed by atoms with Gasteiger partial charge in [-0.2, -0.15) is 0 Å². The molecule has 23 heavy (non-hydrogen) atoms. The summed E-state index contributed by atoms with van der Waals surface area (Å²) in [4.78, 5) is 24.4. The van der Waals surface area contributed by atoms with Crippen molar-refractivity contribution >= 4 is 11.9 Å². The smallest absolute Gasteiger partial charge is 0.304 e. The van der Waals surface area contributed by atoms with Crippen LogP contribution in [0.15, 0.2) is 24.3 Å². The van der Waals surface area contributed by atoms with Crippen molar-refractivity contribution < 1.29 is 24.2 Å². The minimum Gasteiger partial charge on any atom is -0.486 e. The van der Waals surface area contributed by atoms with Gasteiger partial charge >= 0.3 is 5.97 Å². The Balaban J connectivity index is 1.77. The first-order valence-corrected chi connectivity index (χ1v) is 7.55. The molecular weight excluding hydrogens is 300 g/mol. The molecule has 2 unspecified atom stereocenters. The maximum absolute atomic E-state index is 12.1. The lowest BCUT2D eigenvalue weighted by Gasteiger charge is -2.28. The van der Waals surface area contributed by atoms with Crippen molar-refractivity contribution in [2.24, 2.45) is 0 Å². The quantitative estimate of drug-likeness (QED) is 0.770. The summed E-state index contributed by atoms with van der Waals surface area (Å²) >= 11 is 0. The number of para-hydroxylation sites is 2. The van der Waals surface area contributed by atoms with E-state index in [1.54, 1.807) is 18.9 Å². The normalized spacial score (nSPS) is 17.6. The summed E-state index contributed by atoms with van der Waals surface area (Å²) < 4.78 is 11.4. The van der Waals surface area contributed by atoms with Crippen LogP contribution in [0.3, 0.4) is 0 Å². The fourth-order valence-corrected chi connectivity index (χ4v) is 2.19. The third-order valence-corrected chi connectivity index (χ3v) is 3.79. The molecule has 0 spiro atoms. The number of rotatable bonds is 7. The minimum atomic E-state index is -0.879. The van der Waals surface area contributed by atoms with Crippen LogP contribution in [-0.4, -0.2) is 60.8 Å². The molecule has 0 fully saturated rings. The number of fused-ring (bicyclic) bond motifs is 1. The number of ether oxygens (including phenoxy) is 2. The molecule has 0 saturated carbocycles. The molecule has 1 heterocycles. The topological polar surface area (TPSA) is 88.1 Å². The van der Waals surface area contributed by atoms with Gasteiger partial charge < -0.3 is 19.9 Å². The number of carboxylic acid groups (broad SMARTS) is 1. The molecule has 1 aromatic carbocycles. The van der Waals surface area contributed by atoms with E-state index in [-0.39, 0.29) is 18.4 Å². The first-order valence-electron chi connectivity index (χ1n) is 7.55. The molecule has 2 atom stereocenters. The highest BCUT2D eigenvalue weighted by molar-refractivity contribution is 5.81. The zero-order valence-electron chi connectivity index (χ0n) is 13.3. The van der Waals surface area contributed by atoms with Gasteiger partial charge in [0.1, 0.15) is 12.7 Å². The number of hydrogen-bond donors (Lipinski definition) is 2. The second-order valence-corrected chi connectivity index (χ2v) is 5.54. The number of benzene rings is 1. The van der Waals surface area contributed by atoms with Crippen LogP contribution >= 0.6 is 0 Å². The van der Waals surface area contributed by atoms with Crippen LogP contribution < -0.4 is 14.8 Å². The Kier molecular flexibility index (Phi) is 5.81. The molecule has 0 aromatic heterocycles. The van der Waals surface area contributed by atoms with E-state index in [2.05, 4.69) is 5.32 Å². The fraction of sp³-hybridized carbons (Fsp3) is 0.500. The Bertz CT molecular complexity index is 563. The number of carbonyl (C=O) groups excluding carboxylic acids is 1. The van der Waals surface area contributed by atoms with E-state index in [9.17, 15) is 9.59 Å². The van der Waals surface area contributed by atoms with E-state index in [0.29, 0.717) is 31.2 Å². The molecule has 2 N–H and O–H groups in total. The highest BCUT2D eigenvalue weighted by Gasteiger charge is 2.23. The van der Waals surface area contributed by atoms with Crippen LogP contribution in [0.4, 0.5) is 0 Å². The molecule has 1 aromatic rings. The zero-order valence-corrected chi connectivity index (χ0v) is 13.3. The van der Waals surface area contributed by atoms with Gasteiger partial charge in [-0.3, -0.25) is 14.5 Å². The van der Waals surface area contributed by atoms with Crippen molar-refractivity contribution in [2.75, 3.05) is 26.7 Å². The van der Waals surface area contributed by atoms with Crippen molar-refractivity contribution in [1.29, 1.82) is 0 Å². The lowest BCUT2D eigenvalue weighted by Crippen LogP contribution is -2.48. The largest absolute Gasteiger partial charge is 0.486 e. The lowest BCUT2D eigenvalue weighted by molar-refractivity contribution is -0.138. The highest BCUT2D eigenvalue weighted by Crippen LogP contribution is 2.30. The van der Waals surface area contributed by atoms with Gasteiger partial charge in [-0.1, -0.05) is 12.1 Å². The molecule has 1 amide bonds. The summed E-state index contributed by atoms with van der Waals surface area (Å²) in [6, 6.07) is 6.99. The summed E-state index contributed by atoms with van der Waals surface area (Å²) in [5.41, 5.74) is 0. The van der Waals surface area contributed by atoms with Gasteiger partial charge in [0.25, 0.3) is 0 Å². The number of likely N-dealkylation sites (N-methyl/N-ethyl adjacent to an activating group) is 1. The molecule has 126 valence electrons. The Morgan fingerprint density at radius 1 is 1.39 bits per heavy atom. The Morgan fingerprint density at radius 3 is 2.78 bits per heavy atom. The van der Waals surface area contributed by atoms with Crippen molar-refractivity contribution in [3.05, 3.63) is 24.3 Å². The first-order chi connectivity index (χ1) is 11.0. The van der Waals surface area contributed by atoms with Crippen molar-refractivity contribution in [3.63, 3.8) is 0 Å². The second kappa shape index (κ2) is 7.82. The van der Waals surface area contributed by atoms with Crippen molar-refractivity contribution in [1.82, 2.24) is 10.2 Å². The Labute approximate surface area is 135 Å². The van der Waals surface area contributed by atoms with Gasteiger partial charge in [0, 0.05) is 6.54 Å². The van der Waals surface area contributed by atoms with E-state index in [1.165, 1.54) is 0 Å². The standard InChI is InChI=1S/C16H22N2O5/c1-11(18(2)8-7-15(19)20)16(21)17-9-12-10-22-13-5-3-4-6-14(13)23-12/h3-6,11-12H,7-10H2,1-2H3,(H,17,21)(H,19,20). The molecule has 0 radical (unpaired) electrons. The van der Waals surface area contributed by atoms with Crippen LogP contribution in [-0.2, 0) is 9.59 Å². The zero-order chi connectivity index (χ0) is 16.8. The molecule has 1 aliphatic heterocycles. The number of nitrogens with zero attached hydrogens (tertiary/aromatic N) is 1. The van der Waals surface area contributed by atoms with Gasteiger partial charge in [-0.15, -0.1) is 0 Å². The summed E-state index contributed by atoms with van der Waals surface area (Å²) in [6.45, 7) is 2.77. The number of amides is 1. The molecule has 2 rings (SSSR count). The molecule has 0 saturated heterocycles. The maximum Gasteiger partial charge on any atom is 0.304 e. The lowest BCUT2D eigenvalue weighted by atomic mass is 10.2. The predicted molar refractivity (Wildman–Crippen MR) is 83.7 cm³/mol. The van der Waals surface area contributed by atoms with E-state index >= 15 is 0 Å². The van der Waals surface area contributed by atoms with Gasteiger partial charge in [0.05, 0.1) is 19.0 Å². The summed E-state index contributed by atoms with van der Waals surface area (Å²) in [7, 11) is 1.73. The monoisotopic (exact) mass is 322 g/mol. The van der Waals surface area contributed by atoms with Gasteiger partial charge in [0.15, 0.2) is 11.5 Å². The van der Waals surface area contributed by atoms with Crippen LogP contribution in [0.5, 0.6) is 11.5 Å². The van der Waals surface area contributed by atoms with Crippen LogP contribution in [0, 0.1) is 0 Å². The molecule has 7 nitrogen and oxygen atoms in total. The molecule has 1 aliphatic rings. The Morgan fingerprint density at radius 2 is 2.09 bits per heavy atom. The third-order valence-electron chi connectivity index (χ3n) is 3.79. The highest BCUT2D eigenvalue weighted by atomic mass is 16.6. The molecule has 7 heteroatoms. The van der Waals surface area contributed by atoms with Crippen LogP contribution in [0.2, 0.25) is 0 Å². The number of nitrogens with one attached hydrogen (secondary N) is 1. The average Bonchev–Trinajstić information content (AvgIpc) is 2.56. The Hall–Kier alpha value is -2.28. The predicted octanol–water partition coefficient (Wildman–Crippen LogP) is 0.738. The average molecular weight is 322 g/mol. The first kappa shape index (κ1) is 17.1. The summed E-state index contributed by atoms with van der Waals surface area (Å²) in [6.07, 6.45) is -0.241. The molecule has 0 bridgehead atoms. The summed E-state index contributed by atoms with van der Waals surface area (Å²) in [5.74, 6) is 0.331. The van der Waals surface area contributed by atoms with Crippen molar-refractivity contribution in [2.45, 2.75) is 25.5 Å². The SMILES string of the molecule is CC(C(=O)NCC1COc2ccccc2O1)N(C)CCC(=O)O. The number of carbonyl (C=O) groups is 2. The number of hydrogen-bond acceptors (Lipinski definition) is 5. The number of aliphatic carboxylic acids is 1. The molecule has 0 aliphatic carbocycles. The van der Waals surface area contributed by atoms with E-state index < -0.39 is 12.0 Å². The van der Waals surface area contributed by atoms with Crippen LogP contribution in [0.1, 0.15) is 13.3 Å². The van der Waals surface area contributed by atoms with E-state index in [0.717, 1.165) is 0 Å². The number of carboxylic acids is 1. The minimum absolute atomic E-state index is 0.00444. The molecular formula is C16H22N2O5. The maximum atomic E-state index is 12.1. The third kappa shape index (κ3) is 4.85. The van der Waals surface area contributed by atoms with Gasteiger partial charge in [-0.25, -0.2) is 0 Å². The van der Waals surface area contributed by atoms with E-state index in [1.807, 2.05) is 24.3 Å². The van der Waals surface area contributed by atoms with Gasteiger partial charge in [0.2, 0.25) is 5.91 Å². The fourth-order valence-electron chi connectivity index (χ4n) is 2.19. The van der Waals surface area contributed by atoms with Gasteiger partial charge in [-0.05, 0) is 26.1 Å². The van der Waals surface area contributed by atoms with Crippen molar-refractivity contribution in [3.8, 4) is 11.5 Å².